The minimum Gasteiger partial charge on any atom is -0.287 e. The van der Waals surface area contributed by atoms with Gasteiger partial charge in [-0.05, 0) is 19.1 Å². The van der Waals surface area contributed by atoms with Gasteiger partial charge >= 0.3 is 0 Å². The van der Waals surface area contributed by atoms with Crippen LogP contribution in [0.5, 0.6) is 0 Å². The van der Waals surface area contributed by atoms with Crippen LogP contribution < -0.4 is 4.90 Å². The molecule has 0 aliphatic rings. The van der Waals surface area contributed by atoms with Gasteiger partial charge in [-0.15, -0.1) is 10.2 Å². The van der Waals surface area contributed by atoms with Gasteiger partial charge < -0.3 is 0 Å². The van der Waals surface area contributed by atoms with Gasteiger partial charge in [-0.2, -0.15) is 0 Å². The Morgan fingerprint density at radius 3 is 2.53 bits per heavy atom. The second-order valence-electron chi connectivity index (χ2n) is 3.89. The van der Waals surface area contributed by atoms with E-state index in [4.69, 9.17) is 11.6 Å². The molecule has 1 aromatic carbocycles. The Morgan fingerprint density at radius 1 is 1.26 bits per heavy atom. The molecular weight excluding hydrogens is 282 g/mol. The van der Waals surface area contributed by atoms with Crippen LogP contribution in [0.4, 0.5) is 5.13 Å². The van der Waals surface area contributed by atoms with Crippen molar-refractivity contribution in [3.8, 4) is 10.6 Å². The molecule has 0 radical (unpaired) electrons. The molecule has 1 amide bonds. The van der Waals surface area contributed by atoms with Gasteiger partial charge in [-0.1, -0.05) is 42.0 Å². The lowest BCUT2D eigenvalue weighted by Gasteiger charge is -2.15. The van der Waals surface area contributed by atoms with Gasteiger partial charge in [0.25, 0.3) is 0 Å². The summed E-state index contributed by atoms with van der Waals surface area (Å²) in [4.78, 5) is 13.4. The molecule has 100 valence electrons. The van der Waals surface area contributed by atoms with Gasteiger partial charge in [0.05, 0.1) is 0 Å². The number of anilines is 1. The zero-order chi connectivity index (χ0) is 13.8. The average molecular weight is 296 g/mol. The molecule has 0 bridgehead atoms. The number of rotatable bonds is 4. The Balaban J connectivity index is 2.27. The Bertz CT molecular complexity index is 568. The third kappa shape index (κ3) is 3.11. The summed E-state index contributed by atoms with van der Waals surface area (Å²) < 4.78 is 0. The predicted octanol–water partition coefficient (Wildman–Crippen LogP) is 3.62. The number of benzene rings is 1. The van der Waals surface area contributed by atoms with E-state index < -0.39 is 0 Å². The van der Waals surface area contributed by atoms with E-state index in [9.17, 15) is 4.79 Å². The van der Waals surface area contributed by atoms with Crippen molar-refractivity contribution in [2.24, 2.45) is 0 Å². The first-order valence-corrected chi connectivity index (χ1v) is 7.25. The Morgan fingerprint density at radius 2 is 1.95 bits per heavy atom. The third-order valence-electron chi connectivity index (χ3n) is 2.66. The molecule has 0 fully saturated rings. The molecule has 0 aliphatic carbocycles. The molecule has 4 nitrogen and oxygen atoms in total. The minimum atomic E-state index is 0.0568. The normalized spacial score (nSPS) is 10.5. The summed E-state index contributed by atoms with van der Waals surface area (Å²) in [6.07, 6.45) is 0.462. The van der Waals surface area contributed by atoms with Crippen molar-refractivity contribution >= 4 is 34.0 Å². The number of halogens is 1. The molecule has 0 unspecified atom stereocenters. The van der Waals surface area contributed by atoms with E-state index >= 15 is 0 Å². The summed E-state index contributed by atoms with van der Waals surface area (Å²) in [5.74, 6) is 0.0568. The van der Waals surface area contributed by atoms with Crippen molar-refractivity contribution in [3.63, 3.8) is 0 Å². The van der Waals surface area contributed by atoms with E-state index in [2.05, 4.69) is 10.2 Å². The van der Waals surface area contributed by atoms with Gasteiger partial charge in [-0.3, -0.25) is 9.69 Å². The first-order chi connectivity index (χ1) is 9.15. The van der Waals surface area contributed by atoms with E-state index in [0.29, 0.717) is 23.1 Å². The van der Waals surface area contributed by atoms with Crippen molar-refractivity contribution < 1.29 is 4.79 Å². The van der Waals surface area contributed by atoms with Crippen LogP contribution in [0.1, 0.15) is 20.3 Å². The van der Waals surface area contributed by atoms with Crippen LogP contribution in [0.15, 0.2) is 24.3 Å². The van der Waals surface area contributed by atoms with Crippen LogP contribution in [0, 0.1) is 0 Å². The second-order valence-corrected chi connectivity index (χ2v) is 5.28. The van der Waals surface area contributed by atoms with Crippen molar-refractivity contribution in [3.05, 3.63) is 29.3 Å². The molecule has 19 heavy (non-hydrogen) atoms. The summed E-state index contributed by atoms with van der Waals surface area (Å²) in [5, 5.41) is 10.3. The van der Waals surface area contributed by atoms with E-state index in [1.807, 2.05) is 38.1 Å². The number of carbonyl (C=O) groups excluding carboxylic acids is 1. The SMILES string of the molecule is CCC(=O)N(CC)c1nnc(-c2ccc(Cl)cc2)s1. The molecule has 0 saturated heterocycles. The van der Waals surface area contributed by atoms with Crippen molar-refractivity contribution in [2.45, 2.75) is 20.3 Å². The molecular formula is C13H14ClN3OS. The summed E-state index contributed by atoms with van der Waals surface area (Å²) in [6.45, 7) is 4.37. The number of hydrogen-bond acceptors (Lipinski definition) is 4. The number of amides is 1. The Labute approximate surface area is 121 Å². The highest BCUT2D eigenvalue weighted by Crippen LogP contribution is 2.29. The topological polar surface area (TPSA) is 46.1 Å². The summed E-state index contributed by atoms with van der Waals surface area (Å²) in [7, 11) is 0. The molecule has 0 N–H and O–H groups in total. The van der Waals surface area contributed by atoms with E-state index in [1.54, 1.807) is 4.90 Å². The average Bonchev–Trinajstić information content (AvgIpc) is 2.89. The lowest BCUT2D eigenvalue weighted by atomic mass is 10.2. The first kappa shape index (κ1) is 14.0. The molecule has 1 heterocycles. The first-order valence-electron chi connectivity index (χ1n) is 6.05. The summed E-state index contributed by atoms with van der Waals surface area (Å²) in [5.41, 5.74) is 0.952. The zero-order valence-corrected chi connectivity index (χ0v) is 12.3. The maximum absolute atomic E-state index is 11.8. The third-order valence-corrected chi connectivity index (χ3v) is 3.90. The zero-order valence-electron chi connectivity index (χ0n) is 10.8. The molecule has 0 saturated carbocycles. The summed E-state index contributed by atoms with van der Waals surface area (Å²) >= 11 is 7.26. The highest BCUT2D eigenvalue weighted by Gasteiger charge is 2.17. The predicted molar refractivity (Wildman–Crippen MR) is 78.7 cm³/mol. The summed E-state index contributed by atoms with van der Waals surface area (Å²) in [6, 6.07) is 7.41. The Hall–Kier alpha value is -1.46. The standard InChI is InChI=1S/C13H14ClN3OS/c1-3-11(18)17(4-2)13-16-15-12(19-13)9-5-7-10(14)8-6-9/h5-8H,3-4H2,1-2H3. The maximum atomic E-state index is 11.8. The van der Waals surface area contributed by atoms with E-state index in [-0.39, 0.29) is 5.91 Å². The van der Waals surface area contributed by atoms with Gasteiger partial charge in [0.2, 0.25) is 11.0 Å². The molecule has 0 spiro atoms. The van der Waals surface area contributed by atoms with E-state index in [1.165, 1.54) is 11.3 Å². The number of nitrogens with zero attached hydrogens (tertiary/aromatic N) is 3. The lowest BCUT2D eigenvalue weighted by molar-refractivity contribution is -0.118. The van der Waals surface area contributed by atoms with Crippen molar-refractivity contribution in [1.29, 1.82) is 0 Å². The number of carbonyl (C=O) groups is 1. The van der Waals surface area contributed by atoms with Gasteiger partial charge in [-0.25, -0.2) is 0 Å². The molecule has 2 aromatic rings. The molecule has 0 aliphatic heterocycles. The van der Waals surface area contributed by atoms with Crippen molar-refractivity contribution in [1.82, 2.24) is 10.2 Å². The molecule has 0 atom stereocenters. The smallest absolute Gasteiger partial charge is 0.228 e. The highest BCUT2D eigenvalue weighted by atomic mass is 35.5. The number of aromatic nitrogens is 2. The maximum Gasteiger partial charge on any atom is 0.228 e. The van der Waals surface area contributed by atoms with Crippen molar-refractivity contribution in [2.75, 3.05) is 11.4 Å². The quantitative estimate of drug-likeness (QED) is 0.865. The molecule has 6 heteroatoms. The second kappa shape index (κ2) is 6.12. The molecule has 1 aromatic heterocycles. The fourth-order valence-corrected chi connectivity index (χ4v) is 2.70. The number of hydrogen-bond donors (Lipinski definition) is 0. The van der Waals surface area contributed by atoms with Crippen LogP contribution in [0.25, 0.3) is 10.6 Å². The van der Waals surface area contributed by atoms with Crippen LogP contribution in [-0.4, -0.2) is 22.6 Å². The molecule has 2 rings (SSSR count). The fourth-order valence-electron chi connectivity index (χ4n) is 1.64. The highest BCUT2D eigenvalue weighted by molar-refractivity contribution is 7.18. The van der Waals surface area contributed by atoms with Crippen LogP contribution in [-0.2, 0) is 4.79 Å². The monoisotopic (exact) mass is 295 g/mol. The van der Waals surface area contributed by atoms with E-state index in [0.717, 1.165) is 10.6 Å². The van der Waals surface area contributed by atoms with Crippen LogP contribution in [0.2, 0.25) is 5.02 Å². The lowest BCUT2D eigenvalue weighted by Crippen LogP contribution is -2.29. The largest absolute Gasteiger partial charge is 0.287 e. The van der Waals surface area contributed by atoms with Gasteiger partial charge in [0, 0.05) is 23.6 Å². The Kier molecular flexibility index (Phi) is 4.50. The van der Waals surface area contributed by atoms with Gasteiger partial charge in [0.1, 0.15) is 5.01 Å². The van der Waals surface area contributed by atoms with Crippen LogP contribution in [0.3, 0.4) is 0 Å². The fraction of sp³-hybridized carbons (Fsp3) is 0.308. The minimum absolute atomic E-state index is 0.0568. The van der Waals surface area contributed by atoms with Gasteiger partial charge in [0.15, 0.2) is 0 Å². The van der Waals surface area contributed by atoms with Crippen LogP contribution >= 0.6 is 22.9 Å².